The van der Waals surface area contributed by atoms with E-state index in [0.717, 1.165) is 18.6 Å². The zero-order valence-electron chi connectivity index (χ0n) is 8.49. The van der Waals surface area contributed by atoms with Gasteiger partial charge in [-0.2, -0.15) is 0 Å². The second-order valence-corrected chi connectivity index (χ2v) is 4.42. The maximum atomic E-state index is 7.32. The highest BCUT2D eigenvalue weighted by Crippen LogP contribution is 2.31. The van der Waals surface area contributed by atoms with Gasteiger partial charge in [0, 0.05) is 5.71 Å². The van der Waals surface area contributed by atoms with Crippen molar-refractivity contribution in [1.29, 1.82) is 5.41 Å². The Kier molecular flexibility index (Phi) is 3.77. The molecule has 1 nitrogen and oxygen atoms in total. The van der Waals surface area contributed by atoms with E-state index in [1.54, 1.807) is 0 Å². The van der Waals surface area contributed by atoms with Crippen molar-refractivity contribution >= 4 is 5.71 Å². The third kappa shape index (κ3) is 4.18. The molecule has 0 aromatic carbocycles. The first-order chi connectivity index (χ1) is 4.86. The van der Waals surface area contributed by atoms with Crippen molar-refractivity contribution in [3.05, 3.63) is 0 Å². The van der Waals surface area contributed by atoms with Crippen LogP contribution in [0.15, 0.2) is 0 Å². The molecular weight excluding hydrogens is 134 g/mol. The summed E-state index contributed by atoms with van der Waals surface area (Å²) in [6.45, 7) is 10.9. The van der Waals surface area contributed by atoms with Crippen molar-refractivity contribution in [2.75, 3.05) is 0 Å². The summed E-state index contributed by atoms with van der Waals surface area (Å²) in [6.07, 6.45) is 2.09. The Balaban J connectivity index is 3.82. The van der Waals surface area contributed by atoms with Crippen LogP contribution in [0.1, 0.15) is 47.5 Å². The fraction of sp³-hybridized carbons (Fsp3) is 0.900. The molecule has 1 N–H and O–H groups in total. The fourth-order valence-corrected chi connectivity index (χ4v) is 0.798. The van der Waals surface area contributed by atoms with E-state index in [9.17, 15) is 0 Å². The van der Waals surface area contributed by atoms with Gasteiger partial charge in [-0.3, -0.25) is 0 Å². The van der Waals surface area contributed by atoms with Crippen LogP contribution in [-0.4, -0.2) is 5.71 Å². The molecule has 0 aromatic rings. The largest absolute Gasteiger partial charge is 0.310 e. The lowest BCUT2D eigenvalue weighted by molar-refractivity contribution is 0.233. The second kappa shape index (κ2) is 3.89. The molecule has 0 heterocycles. The maximum absolute atomic E-state index is 7.32. The van der Waals surface area contributed by atoms with Crippen molar-refractivity contribution in [3.63, 3.8) is 0 Å². The predicted molar refractivity (Wildman–Crippen MR) is 51.3 cm³/mol. The van der Waals surface area contributed by atoms with Crippen LogP contribution >= 0.6 is 0 Å². The zero-order valence-corrected chi connectivity index (χ0v) is 8.49. The molecule has 0 aromatic heterocycles. The Morgan fingerprint density at radius 3 is 2.09 bits per heavy atom. The third-order valence-corrected chi connectivity index (χ3v) is 2.71. The molecule has 0 atom stereocenters. The van der Waals surface area contributed by atoms with Gasteiger partial charge in [-0.15, -0.1) is 0 Å². The molecule has 11 heavy (non-hydrogen) atoms. The molecule has 0 fully saturated rings. The van der Waals surface area contributed by atoms with Gasteiger partial charge in [-0.1, -0.05) is 27.7 Å². The quantitative estimate of drug-likeness (QED) is 0.601. The zero-order chi connectivity index (χ0) is 9.07. The summed E-state index contributed by atoms with van der Waals surface area (Å²) in [6, 6.07) is 0. The minimum Gasteiger partial charge on any atom is -0.310 e. The first kappa shape index (κ1) is 10.7. The molecule has 0 aliphatic carbocycles. The molecule has 0 saturated carbocycles. The Hall–Kier alpha value is -0.330. The molecule has 66 valence electrons. The lowest BCUT2D eigenvalue weighted by atomic mass is 9.77. The van der Waals surface area contributed by atoms with Gasteiger partial charge < -0.3 is 5.41 Å². The molecule has 0 aliphatic heterocycles. The lowest BCUT2D eigenvalue weighted by Crippen LogP contribution is -2.19. The highest BCUT2D eigenvalue weighted by Gasteiger charge is 2.21. The van der Waals surface area contributed by atoms with Gasteiger partial charge in [0.25, 0.3) is 0 Å². The van der Waals surface area contributed by atoms with E-state index in [2.05, 4.69) is 27.7 Å². The summed E-state index contributed by atoms with van der Waals surface area (Å²) < 4.78 is 0. The summed E-state index contributed by atoms with van der Waals surface area (Å²) >= 11 is 0. The van der Waals surface area contributed by atoms with E-state index in [4.69, 9.17) is 5.41 Å². The van der Waals surface area contributed by atoms with E-state index in [0.29, 0.717) is 11.3 Å². The number of hydrogen-bond donors (Lipinski definition) is 1. The van der Waals surface area contributed by atoms with Crippen LogP contribution in [0.3, 0.4) is 0 Å². The van der Waals surface area contributed by atoms with E-state index < -0.39 is 0 Å². The van der Waals surface area contributed by atoms with Gasteiger partial charge >= 0.3 is 0 Å². The second-order valence-electron chi connectivity index (χ2n) is 4.42. The molecule has 0 amide bonds. The average Bonchev–Trinajstić information content (AvgIpc) is 1.84. The number of hydrogen-bond acceptors (Lipinski definition) is 1. The molecule has 0 saturated heterocycles. The van der Waals surface area contributed by atoms with Crippen LogP contribution in [0, 0.1) is 16.7 Å². The van der Waals surface area contributed by atoms with Gasteiger partial charge in [0.15, 0.2) is 0 Å². The van der Waals surface area contributed by atoms with Crippen molar-refractivity contribution in [1.82, 2.24) is 0 Å². The summed E-state index contributed by atoms with van der Waals surface area (Å²) in [5.74, 6) is 0.710. The average molecular weight is 155 g/mol. The van der Waals surface area contributed by atoms with E-state index >= 15 is 0 Å². The van der Waals surface area contributed by atoms with Crippen LogP contribution in [0.25, 0.3) is 0 Å². The van der Waals surface area contributed by atoms with Gasteiger partial charge in [0.05, 0.1) is 0 Å². The molecular formula is C10H21N. The van der Waals surface area contributed by atoms with E-state index in [1.165, 1.54) is 0 Å². The molecule has 0 bridgehead atoms. The SMILES string of the molecule is CC(=N)CCC(C)(C)C(C)C. The van der Waals surface area contributed by atoms with E-state index in [1.807, 2.05) is 6.92 Å². The monoisotopic (exact) mass is 155 g/mol. The summed E-state index contributed by atoms with van der Waals surface area (Å²) in [5.41, 5.74) is 1.20. The molecule has 0 unspecified atom stereocenters. The molecule has 0 spiro atoms. The molecule has 0 aliphatic rings. The Morgan fingerprint density at radius 1 is 1.36 bits per heavy atom. The van der Waals surface area contributed by atoms with Gasteiger partial charge in [-0.25, -0.2) is 0 Å². The smallest absolute Gasteiger partial charge is 0.00584 e. The predicted octanol–water partition coefficient (Wildman–Crippen LogP) is 3.49. The lowest BCUT2D eigenvalue weighted by Gasteiger charge is -2.28. The maximum Gasteiger partial charge on any atom is 0.00584 e. The first-order valence-electron chi connectivity index (χ1n) is 4.40. The van der Waals surface area contributed by atoms with Gasteiger partial charge in [-0.05, 0) is 31.1 Å². The van der Waals surface area contributed by atoms with Crippen LogP contribution in [0.5, 0.6) is 0 Å². The number of rotatable bonds is 4. The Labute approximate surface area is 70.7 Å². The minimum absolute atomic E-state index is 0.391. The highest BCUT2D eigenvalue weighted by atomic mass is 14.4. The topological polar surface area (TPSA) is 23.9 Å². The summed E-state index contributed by atoms with van der Waals surface area (Å²) in [5, 5.41) is 7.32. The van der Waals surface area contributed by atoms with Crippen LogP contribution < -0.4 is 0 Å². The summed E-state index contributed by atoms with van der Waals surface area (Å²) in [7, 11) is 0. The van der Waals surface area contributed by atoms with Crippen LogP contribution in [-0.2, 0) is 0 Å². The van der Waals surface area contributed by atoms with Crippen LogP contribution in [0.4, 0.5) is 0 Å². The van der Waals surface area contributed by atoms with Crippen molar-refractivity contribution < 1.29 is 0 Å². The summed E-state index contributed by atoms with van der Waals surface area (Å²) in [4.78, 5) is 0. The molecule has 0 radical (unpaired) electrons. The Morgan fingerprint density at radius 2 is 1.82 bits per heavy atom. The Bertz CT molecular complexity index is 134. The van der Waals surface area contributed by atoms with E-state index in [-0.39, 0.29) is 0 Å². The normalized spacial score (nSPS) is 12.2. The van der Waals surface area contributed by atoms with Crippen LogP contribution in [0.2, 0.25) is 0 Å². The highest BCUT2D eigenvalue weighted by molar-refractivity contribution is 5.78. The molecule has 0 rings (SSSR count). The fourth-order valence-electron chi connectivity index (χ4n) is 0.798. The standard InChI is InChI=1S/C10H21N/c1-8(2)10(4,5)7-6-9(3)11/h8,11H,6-7H2,1-5H3. The first-order valence-corrected chi connectivity index (χ1v) is 4.40. The van der Waals surface area contributed by atoms with Gasteiger partial charge in [0.1, 0.15) is 0 Å². The van der Waals surface area contributed by atoms with Crippen molar-refractivity contribution in [2.24, 2.45) is 11.3 Å². The van der Waals surface area contributed by atoms with Crippen molar-refractivity contribution in [3.8, 4) is 0 Å². The number of nitrogens with one attached hydrogen (secondary N) is 1. The molecule has 1 heteroatoms. The third-order valence-electron chi connectivity index (χ3n) is 2.71. The van der Waals surface area contributed by atoms with Gasteiger partial charge in [0.2, 0.25) is 0 Å². The van der Waals surface area contributed by atoms with Crippen molar-refractivity contribution in [2.45, 2.75) is 47.5 Å². The minimum atomic E-state index is 0.391.